The highest BCUT2D eigenvalue weighted by Crippen LogP contribution is 2.26. The molecule has 0 saturated carbocycles. The normalized spacial score (nSPS) is 22.3. The summed E-state index contributed by atoms with van der Waals surface area (Å²) >= 11 is 0. The third-order valence-electron chi connectivity index (χ3n) is 3.95. The van der Waals surface area contributed by atoms with E-state index in [9.17, 15) is 0 Å². The van der Waals surface area contributed by atoms with Crippen molar-refractivity contribution in [3.8, 4) is 0 Å². The molecule has 1 aromatic heterocycles. The number of nitrogens with zero attached hydrogens (tertiary/aromatic N) is 2. The van der Waals surface area contributed by atoms with Gasteiger partial charge < -0.3 is 14.8 Å². The number of hydrogen-bond donors (Lipinski definition) is 1. The number of aryl methyl sites for hydroxylation is 1. The molecule has 20 heavy (non-hydrogen) atoms. The Bertz CT molecular complexity index is 609. The van der Waals surface area contributed by atoms with Crippen LogP contribution in [-0.2, 0) is 9.47 Å². The van der Waals surface area contributed by atoms with Crippen LogP contribution < -0.4 is 5.32 Å². The highest BCUT2D eigenvalue weighted by atomic mass is 16.5. The summed E-state index contributed by atoms with van der Waals surface area (Å²) < 4.78 is 11.1. The van der Waals surface area contributed by atoms with Crippen molar-refractivity contribution in [3.63, 3.8) is 0 Å². The average molecular weight is 273 g/mol. The van der Waals surface area contributed by atoms with Crippen LogP contribution in [0, 0.1) is 6.92 Å². The lowest BCUT2D eigenvalue weighted by Crippen LogP contribution is -2.39. The molecule has 1 unspecified atom stereocenters. The molecule has 2 heterocycles. The Hall–Kier alpha value is -1.72. The van der Waals surface area contributed by atoms with Crippen molar-refractivity contribution in [2.45, 2.75) is 18.9 Å². The van der Waals surface area contributed by atoms with Crippen molar-refractivity contribution in [1.82, 2.24) is 10.2 Å². The van der Waals surface area contributed by atoms with Gasteiger partial charge in [-0.3, -0.25) is 0 Å². The van der Waals surface area contributed by atoms with Crippen LogP contribution >= 0.6 is 0 Å². The standard InChI is InChI=1S/C15H19N3O2/c1-11-12-5-3-4-6-13(12)14(18-17-11)16-9-15(19-2)7-8-20-10-15/h3-6H,7-10H2,1-2H3,(H,16,18). The molecular formula is C15H19N3O2. The van der Waals surface area contributed by atoms with Gasteiger partial charge in [0, 0.05) is 37.5 Å². The van der Waals surface area contributed by atoms with Gasteiger partial charge in [-0.25, -0.2) is 0 Å². The topological polar surface area (TPSA) is 56.3 Å². The second-order valence-electron chi connectivity index (χ2n) is 5.22. The molecule has 5 heteroatoms. The Kier molecular flexibility index (Phi) is 3.54. The third-order valence-corrected chi connectivity index (χ3v) is 3.95. The number of aromatic nitrogens is 2. The Morgan fingerprint density at radius 1 is 1.30 bits per heavy atom. The van der Waals surface area contributed by atoms with Crippen molar-refractivity contribution >= 4 is 16.6 Å². The molecule has 1 N–H and O–H groups in total. The minimum atomic E-state index is -0.256. The molecule has 106 valence electrons. The maximum Gasteiger partial charge on any atom is 0.156 e. The summed E-state index contributed by atoms with van der Waals surface area (Å²) in [6.07, 6.45) is 0.897. The molecular weight excluding hydrogens is 254 g/mol. The maximum atomic E-state index is 5.62. The molecule has 0 aliphatic carbocycles. The van der Waals surface area contributed by atoms with Gasteiger partial charge in [0.2, 0.25) is 0 Å². The Morgan fingerprint density at radius 2 is 2.10 bits per heavy atom. The van der Waals surface area contributed by atoms with Crippen LogP contribution in [0.5, 0.6) is 0 Å². The fourth-order valence-electron chi connectivity index (χ4n) is 2.57. The molecule has 0 radical (unpaired) electrons. The summed E-state index contributed by atoms with van der Waals surface area (Å²) in [6.45, 7) is 4.01. The number of anilines is 1. The minimum absolute atomic E-state index is 0.256. The summed E-state index contributed by atoms with van der Waals surface area (Å²) in [5.41, 5.74) is 0.685. The minimum Gasteiger partial charge on any atom is -0.378 e. The van der Waals surface area contributed by atoms with Crippen LogP contribution in [0.15, 0.2) is 24.3 Å². The fourth-order valence-corrected chi connectivity index (χ4v) is 2.57. The van der Waals surface area contributed by atoms with E-state index in [1.807, 2.05) is 19.1 Å². The average Bonchev–Trinajstić information content (AvgIpc) is 2.96. The molecule has 0 bridgehead atoms. The molecule has 1 aromatic carbocycles. The Morgan fingerprint density at radius 3 is 2.80 bits per heavy atom. The SMILES string of the molecule is COC1(CNc2nnc(C)c3ccccc23)CCOC1. The monoisotopic (exact) mass is 273 g/mol. The van der Waals surface area contributed by atoms with Gasteiger partial charge in [-0.05, 0) is 6.92 Å². The van der Waals surface area contributed by atoms with E-state index in [4.69, 9.17) is 9.47 Å². The van der Waals surface area contributed by atoms with Gasteiger partial charge in [-0.1, -0.05) is 24.3 Å². The van der Waals surface area contributed by atoms with E-state index in [1.165, 1.54) is 0 Å². The van der Waals surface area contributed by atoms with Crippen molar-refractivity contribution < 1.29 is 9.47 Å². The number of hydrogen-bond acceptors (Lipinski definition) is 5. The van der Waals surface area contributed by atoms with Gasteiger partial charge in [-0.2, -0.15) is 5.10 Å². The number of methoxy groups -OCH3 is 1. The predicted molar refractivity (Wildman–Crippen MR) is 77.9 cm³/mol. The van der Waals surface area contributed by atoms with E-state index in [1.54, 1.807) is 7.11 Å². The molecule has 5 nitrogen and oxygen atoms in total. The lowest BCUT2D eigenvalue weighted by molar-refractivity contribution is -0.00624. The van der Waals surface area contributed by atoms with Crippen LogP contribution in [-0.4, -0.2) is 42.7 Å². The number of nitrogens with one attached hydrogen (secondary N) is 1. The summed E-state index contributed by atoms with van der Waals surface area (Å²) in [5, 5.41) is 14.1. The van der Waals surface area contributed by atoms with Gasteiger partial charge in [0.15, 0.2) is 5.82 Å². The summed E-state index contributed by atoms with van der Waals surface area (Å²) in [5.74, 6) is 0.800. The van der Waals surface area contributed by atoms with Gasteiger partial charge in [-0.15, -0.1) is 5.10 Å². The van der Waals surface area contributed by atoms with E-state index in [-0.39, 0.29) is 5.60 Å². The highest BCUT2D eigenvalue weighted by Gasteiger charge is 2.34. The molecule has 1 fully saturated rings. The van der Waals surface area contributed by atoms with Crippen molar-refractivity contribution in [2.75, 3.05) is 32.2 Å². The molecule has 1 atom stereocenters. The quantitative estimate of drug-likeness (QED) is 0.925. The van der Waals surface area contributed by atoms with Gasteiger partial charge in [0.05, 0.1) is 12.3 Å². The van der Waals surface area contributed by atoms with Crippen LogP contribution in [0.4, 0.5) is 5.82 Å². The second-order valence-corrected chi connectivity index (χ2v) is 5.22. The van der Waals surface area contributed by atoms with E-state index >= 15 is 0 Å². The number of fused-ring (bicyclic) bond motifs is 1. The van der Waals surface area contributed by atoms with Crippen LogP contribution in [0.1, 0.15) is 12.1 Å². The van der Waals surface area contributed by atoms with Gasteiger partial charge in [0.25, 0.3) is 0 Å². The van der Waals surface area contributed by atoms with Crippen molar-refractivity contribution in [3.05, 3.63) is 30.0 Å². The first-order chi connectivity index (χ1) is 9.74. The van der Waals surface area contributed by atoms with E-state index in [2.05, 4.69) is 27.6 Å². The zero-order valence-electron chi connectivity index (χ0n) is 11.8. The highest BCUT2D eigenvalue weighted by molar-refractivity contribution is 5.92. The first kappa shape index (κ1) is 13.3. The van der Waals surface area contributed by atoms with Crippen LogP contribution in [0.3, 0.4) is 0 Å². The van der Waals surface area contributed by atoms with E-state index < -0.39 is 0 Å². The van der Waals surface area contributed by atoms with Crippen LogP contribution in [0.25, 0.3) is 10.8 Å². The lowest BCUT2D eigenvalue weighted by atomic mass is 10.0. The second kappa shape index (κ2) is 5.34. The summed E-state index contributed by atoms with van der Waals surface area (Å²) in [7, 11) is 1.73. The first-order valence-electron chi connectivity index (χ1n) is 6.83. The van der Waals surface area contributed by atoms with Gasteiger partial charge >= 0.3 is 0 Å². The molecule has 1 saturated heterocycles. The smallest absolute Gasteiger partial charge is 0.156 e. The number of ether oxygens (including phenoxy) is 2. The third kappa shape index (κ3) is 2.34. The summed E-state index contributed by atoms with van der Waals surface area (Å²) in [6, 6.07) is 8.15. The molecule has 0 amide bonds. The van der Waals surface area contributed by atoms with Gasteiger partial charge in [0.1, 0.15) is 5.60 Å². The molecule has 1 aliphatic rings. The van der Waals surface area contributed by atoms with Crippen molar-refractivity contribution in [2.24, 2.45) is 0 Å². The number of rotatable bonds is 4. The van der Waals surface area contributed by atoms with E-state index in [0.717, 1.165) is 35.3 Å². The first-order valence-corrected chi connectivity index (χ1v) is 6.83. The maximum absolute atomic E-state index is 5.62. The van der Waals surface area contributed by atoms with Crippen LogP contribution in [0.2, 0.25) is 0 Å². The predicted octanol–water partition coefficient (Wildman–Crippen LogP) is 2.16. The summed E-state index contributed by atoms with van der Waals surface area (Å²) in [4.78, 5) is 0. The fraction of sp³-hybridized carbons (Fsp3) is 0.467. The van der Waals surface area contributed by atoms with E-state index in [0.29, 0.717) is 13.2 Å². The zero-order chi connectivity index (χ0) is 14.0. The lowest BCUT2D eigenvalue weighted by Gasteiger charge is -2.26. The molecule has 3 rings (SSSR count). The zero-order valence-corrected chi connectivity index (χ0v) is 11.8. The number of benzene rings is 1. The molecule has 1 aliphatic heterocycles. The molecule has 2 aromatic rings. The van der Waals surface area contributed by atoms with Crippen molar-refractivity contribution in [1.29, 1.82) is 0 Å². The molecule has 0 spiro atoms. The largest absolute Gasteiger partial charge is 0.378 e. The Labute approximate surface area is 118 Å². The Balaban J connectivity index is 1.86.